The molecule has 1 fully saturated rings. The molecule has 0 radical (unpaired) electrons. The molecule has 0 aromatic heterocycles. The van der Waals surface area contributed by atoms with Crippen molar-refractivity contribution in [1.82, 2.24) is 10.2 Å². The molecule has 0 saturated carbocycles. The number of thioether (sulfide) groups is 1. The largest absolute Gasteiger partial charge is 0.352 e. The molecule has 114 valence electrons. The number of carbonyl (C=O) groups is 2. The van der Waals surface area contributed by atoms with Gasteiger partial charge in [0.1, 0.15) is 6.04 Å². The minimum Gasteiger partial charge on any atom is -0.352 e. The second-order valence-electron chi connectivity index (χ2n) is 5.47. The zero-order chi connectivity index (χ0) is 15.4. The molecule has 2 rings (SSSR count). The zero-order valence-corrected chi connectivity index (χ0v) is 13.6. The van der Waals surface area contributed by atoms with Crippen molar-refractivity contribution in [2.75, 3.05) is 11.6 Å². The SMILES string of the molecule is CC[C@H](C)NC(=O)[C@H]1CSCN1C(=O)c1ccc(C)cc1. The number of benzene rings is 1. The van der Waals surface area contributed by atoms with Crippen LogP contribution in [0.5, 0.6) is 0 Å². The fraction of sp³-hybridized carbons (Fsp3) is 0.500. The third-order valence-corrected chi connectivity index (χ3v) is 4.76. The third kappa shape index (κ3) is 3.79. The quantitative estimate of drug-likeness (QED) is 0.929. The van der Waals surface area contributed by atoms with E-state index >= 15 is 0 Å². The number of rotatable bonds is 4. The number of nitrogens with one attached hydrogen (secondary N) is 1. The second kappa shape index (κ2) is 6.98. The number of aryl methyl sites for hydroxylation is 1. The summed E-state index contributed by atoms with van der Waals surface area (Å²) in [5.74, 6) is 1.13. The van der Waals surface area contributed by atoms with E-state index in [9.17, 15) is 9.59 Å². The van der Waals surface area contributed by atoms with Crippen molar-refractivity contribution in [3.05, 3.63) is 35.4 Å². The summed E-state index contributed by atoms with van der Waals surface area (Å²) in [6.07, 6.45) is 0.886. The van der Waals surface area contributed by atoms with Crippen molar-refractivity contribution in [2.24, 2.45) is 0 Å². The summed E-state index contributed by atoms with van der Waals surface area (Å²) in [7, 11) is 0. The average Bonchev–Trinajstić information content (AvgIpc) is 2.96. The lowest BCUT2D eigenvalue weighted by atomic mass is 10.1. The van der Waals surface area contributed by atoms with E-state index in [0.717, 1.165) is 12.0 Å². The lowest BCUT2D eigenvalue weighted by Crippen LogP contribution is -2.49. The van der Waals surface area contributed by atoms with E-state index in [1.165, 1.54) is 0 Å². The molecule has 1 aliphatic rings. The summed E-state index contributed by atoms with van der Waals surface area (Å²) >= 11 is 1.62. The van der Waals surface area contributed by atoms with Gasteiger partial charge in [0.15, 0.2) is 0 Å². The van der Waals surface area contributed by atoms with E-state index in [0.29, 0.717) is 17.2 Å². The number of amides is 2. The van der Waals surface area contributed by atoms with Gasteiger partial charge in [0, 0.05) is 17.4 Å². The van der Waals surface area contributed by atoms with E-state index in [4.69, 9.17) is 0 Å². The van der Waals surface area contributed by atoms with Gasteiger partial charge >= 0.3 is 0 Å². The van der Waals surface area contributed by atoms with Crippen LogP contribution in [0.3, 0.4) is 0 Å². The van der Waals surface area contributed by atoms with Gasteiger partial charge in [0.05, 0.1) is 5.88 Å². The van der Waals surface area contributed by atoms with Gasteiger partial charge in [0.25, 0.3) is 5.91 Å². The van der Waals surface area contributed by atoms with Gasteiger partial charge < -0.3 is 10.2 Å². The highest BCUT2D eigenvalue weighted by Crippen LogP contribution is 2.23. The maximum absolute atomic E-state index is 12.6. The Labute approximate surface area is 130 Å². The van der Waals surface area contributed by atoms with Crippen LogP contribution in [-0.4, -0.2) is 40.4 Å². The number of hydrogen-bond donors (Lipinski definition) is 1. The highest BCUT2D eigenvalue weighted by molar-refractivity contribution is 7.99. The first-order chi connectivity index (χ1) is 10.0. The predicted molar refractivity (Wildman–Crippen MR) is 86.4 cm³/mol. The Morgan fingerprint density at radius 1 is 1.38 bits per heavy atom. The molecule has 1 N–H and O–H groups in total. The van der Waals surface area contributed by atoms with E-state index in [1.54, 1.807) is 16.7 Å². The lowest BCUT2D eigenvalue weighted by molar-refractivity contribution is -0.125. The average molecular weight is 306 g/mol. The smallest absolute Gasteiger partial charge is 0.255 e. The van der Waals surface area contributed by atoms with Crippen molar-refractivity contribution in [2.45, 2.75) is 39.3 Å². The van der Waals surface area contributed by atoms with E-state index in [1.807, 2.05) is 45.0 Å². The maximum Gasteiger partial charge on any atom is 0.255 e. The Hall–Kier alpha value is -1.49. The zero-order valence-electron chi connectivity index (χ0n) is 12.8. The highest BCUT2D eigenvalue weighted by Gasteiger charge is 2.35. The number of nitrogens with zero attached hydrogens (tertiary/aromatic N) is 1. The van der Waals surface area contributed by atoms with E-state index in [-0.39, 0.29) is 23.9 Å². The Morgan fingerprint density at radius 3 is 2.67 bits per heavy atom. The van der Waals surface area contributed by atoms with Crippen LogP contribution in [0.1, 0.15) is 36.2 Å². The molecule has 1 aromatic rings. The van der Waals surface area contributed by atoms with Gasteiger partial charge in [-0.15, -0.1) is 11.8 Å². The molecule has 1 aromatic carbocycles. The first-order valence-corrected chi connectivity index (χ1v) is 8.44. The van der Waals surface area contributed by atoms with Crippen molar-refractivity contribution >= 4 is 23.6 Å². The summed E-state index contributed by atoms with van der Waals surface area (Å²) in [6.45, 7) is 6.00. The molecular formula is C16H22N2O2S. The summed E-state index contributed by atoms with van der Waals surface area (Å²) in [4.78, 5) is 26.5. The van der Waals surface area contributed by atoms with E-state index in [2.05, 4.69) is 5.32 Å². The first kappa shape index (κ1) is 15.9. The summed E-state index contributed by atoms with van der Waals surface area (Å²) in [6, 6.07) is 7.27. The Morgan fingerprint density at radius 2 is 2.05 bits per heavy atom. The molecule has 0 bridgehead atoms. The second-order valence-corrected chi connectivity index (χ2v) is 6.47. The predicted octanol–water partition coefficient (Wildman–Crippen LogP) is 2.42. The van der Waals surface area contributed by atoms with Crippen molar-refractivity contribution < 1.29 is 9.59 Å². The van der Waals surface area contributed by atoms with Crippen LogP contribution in [-0.2, 0) is 4.79 Å². The molecule has 21 heavy (non-hydrogen) atoms. The molecule has 2 atom stereocenters. The van der Waals surface area contributed by atoms with Crippen molar-refractivity contribution in [1.29, 1.82) is 0 Å². The van der Waals surface area contributed by atoms with Gasteiger partial charge in [-0.2, -0.15) is 0 Å². The molecule has 5 heteroatoms. The standard InChI is InChI=1S/C16H22N2O2S/c1-4-12(3)17-15(19)14-9-21-10-18(14)16(20)13-7-5-11(2)6-8-13/h5-8,12,14H,4,9-10H2,1-3H3,(H,17,19)/t12-,14+/m0/s1. The van der Waals surface area contributed by atoms with E-state index < -0.39 is 0 Å². The van der Waals surface area contributed by atoms with Crippen LogP contribution in [0, 0.1) is 6.92 Å². The molecule has 2 amide bonds. The van der Waals surface area contributed by atoms with Gasteiger partial charge in [0.2, 0.25) is 5.91 Å². The molecule has 1 saturated heterocycles. The fourth-order valence-electron chi connectivity index (χ4n) is 2.16. The summed E-state index contributed by atoms with van der Waals surface area (Å²) in [5, 5.41) is 2.97. The van der Waals surface area contributed by atoms with Crippen LogP contribution in [0.2, 0.25) is 0 Å². The minimum absolute atomic E-state index is 0.0465. The van der Waals surface area contributed by atoms with Crippen LogP contribution >= 0.6 is 11.8 Å². The van der Waals surface area contributed by atoms with Crippen LogP contribution in [0.4, 0.5) is 0 Å². The molecule has 0 spiro atoms. The Bertz CT molecular complexity index is 516. The normalized spacial score (nSPS) is 19.4. The van der Waals surface area contributed by atoms with Gasteiger partial charge in [-0.3, -0.25) is 9.59 Å². The summed E-state index contributed by atoms with van der Waals surface area (Å²) < 4.78 is 0. The number of carbonyl (C=O) groups excluding carboxylic acids is 2. The van der Waals surface area contributed by atoms with Crippen LogP contribution < -0.4 is 5.32 Å². The van der Waals surface area contributed by atoms with Gasteiger partial charge in [-0.05, 0) is 32.4 Å². The molecule has 0 unspecified atom stereocenters. The molecule has 0 aliphatic carbocycles. The first-order valence-electron chi connectivity index (χ1n) is 7.28. The topological polar surface area (TPSA) is 49.4 Å². The lowest BCUT2D eigenvalue weighted by Gasteiger charge is -2.24. The van der Waals surface area contributed by atoms with Crippen molar-refractivity contribution in [3.8, 4) is 0 Å². The Kier molecular flexibility index (Phi) is 5.28. The third-order valence-electron chi connectivity index (χ3n) is 3.75. The molecular weight excluding hydrogens is 284 g/mol. The monoisotopic (exact) mass is 306 g/mol. The number of hydrogen-bond acceptors (Lipinski definition) is 3. The van der Waals surface area contributed by atoms with Crippen LogP contribution in [0.15, 0.2) is 24.3 Å². The maximum atomic E-state index is 12.6. The molecule has 4 nitrogen and oxygen atoms in total. The van der Waals surface area contributed by atoms with Gasteiger partial charge in [-0.1, -0.05) is 24.6 Å². The Balaban J connectivity index is 2.09. The van der Waals surface area contributed by atoms with Gasteiger partial charge in [-0.25, -0.2) is 0 Å². The minimum atomic E-state index is -0.363. The van der Waals surface area contributed by atoms with Crippen molar-refractivity contribution in [3.63, 3.8) is 0 Å². The molecule has 1 heterocycles. The highest BCUT2D eigenvalue weighted by atomic mass is 32.2. The summed E-state index contributed by atoms with van der Waals surface area (Å²) in [5.41, 5.74) is 1.76. The van der Waals surface area contributed by atoms with Crippen LogP contribution in [0.25, 0.3) is 0 Å². The molecule has 1 aliphatic heterocycles. The fourth-order valence-corrected chi connectivity index (χ4v) is 3.32.